The Kier molecular flexibility index (Phi) is 6.49. The van der Waals surface area contributed by atoms with E-state index in [1.165, 1.54) is 0 Å². The van der Waals surface area contributed by atoms with Gasteiger partial charge in [0.25, 0.3) is 11.8 Å². The molecule has 1 saturated carbocycles. The highest BCUT2D eigenvalue weighted by atomic mass is 16.5. The Bertz CT molecular complexity index is 891. The summed E-state index contributed by atoms with van der Waals surface area (Å²) in [6, 6.07) is 13.9. The lowest BCUT2D eigenvalue weighted by molar-refractivity contribution is -0.128. The van der Waals surface area contributed by atoms with Crippen molar-refractivity contribution in [2.45, 2.75) is 39.2 Å². The Labute approximate surface area is 169 Å². The molecule has 1 unspecified atom stereocenters. The van der Waals surface area contributed by atoms with Crippen LogP contribution in [-0.4, -0.2) is 23.8 Å². The zero-order valence-corrected chi connectivity index (χ0v) is 16.5. The van der Waals surface area contributed by atoms with Gasteiger partial charge in [-0.1, -0.05) is 25.1 Å². The molecule has 1 atom stereocenters. The fourth-order valence-corrected chi connectivity index (χ4v) is 2.73. The molecule has 1 fully saturated rings. The molecule has 152 valence electrons. The summed E-state index contributed by atoms with van der Waals surface area (Å²) in [7, 11) is 0. The Morgan fingerprint density at radius 1 is 1.03 bits per heavy atom. The summed E-state index contributed by atoms with van der Waals surface area (Å²) in [5.74, 6) is -0.137. The molecule has 7 heteroatoms. The minimum atomic E-state index is -0.726. The lowest BCUT2D eigenvalue weighted by atomic mass is 10.2. The number of hydrogen-bond acceptors (Lipinski definition) is 4. The van der Waals surface area contributed by atoms with Gasteiger partial charge in [0.1, 0.15) is 5.75 Å². The molecule has 3 amide bonds. The van der Waals surface area contributed by atoms with Crippen LogP contribution in [-0.2, 0) is 9.59 Å². The van der Waals surface area contributed by atoms with Crippen LogP contribution in [0, 0.1) is 12.8 Å². The summed E-state index contributed by atoms with van der Waals surface area (Å²) in [5.41, 5.74) is 6.74. The van der Waals surface area contributed by atoms with Crippen molar-refractivity contribution >= 4 is 23.4 Å². The average Bonchev–Trinajstić information content (AvgIpc) is 3.57. The molecule has 0 aliphatic heterocycles. The van der Waals surface area contributed by atoms with Crippen LogP contribution in [0.4, 0.5) is 5.69 Å². The van der Waals surface area contributed by atoms with E-state index >= 15 is 0 Å². The normalized spacial score (nSPS) is 13.9. The van der Waals surface area contributed by atoms with Crippen LogP contribution >= 0.6 is 0 Å². The zero-order chi connectivity index (χ0) is 20.8. The molecule has 0 bridgehead atoms. The molecule has 0 spiro atoms. The molecule has 2 aromatic rings. The Balaban J connectivity index is 1.51. The molecule has 3 N–H and O–H groups in total. The topological polar surface area (TPSA) is 96.5 Å². The van der Waals surface area contributed by atoms with E-state index in [1.54, 1.807) is 30.3 Å². The summed E-state index contributed by atoms with van der Waals surface area (Å²) in [5, 5.41) is 2.81. The minimum Gasteiger partial charge on any atom is -0.480 e. The van der Waals surface area contributed by atoms with Gasteiger partial charge in [0, 0.05) is 17.2 Å². The standard InChI is InChI=1S/C22H25N3O4/c1-3-18(29-19-7-5-4-6-14(19)2)22(28)25-24-21(27)16-10-12-17(13-11-16)23-20(26)15-8-9-15/h4-7,10-13,15,18H,3,8-9H2,1-2H3,(H,23,26)(H,24,27)(H,25,28). The van der Waals surface area contributed by atoms with E-state index in [0.717, 1.165) is 18.4 Å². The maximum Gasteiger partial charge on any atom is 0.279 e. The lowest BCUT2D eigenvalue weighted by Gasteiger charge is -2.18. The number of carbonyl (C=O) groups is 3. The van der Waals surface area contributed by atoms with Gasteiger partial charge >= 0.3 is 0 Å². The largest absolute Gasteiger partial charge is 0.480 e. The Morgan fingerprint density at radius 3 is 2.34 bits per heavy atom. The fraction of sp³-hybridized carbons (Fsp3) is 0.318. The van der Waals surface area contributed by atoms with Crippen LogP contribution in [0.5, 0.6) is 5.75 Å². The second-order valence-electron chi connectivity index (χ2n) is 7.06. The fourth-order valence-electron chi connectivity index (χ4n) is 2.73. The van der Waals surface area contributed by atoms with E-state index in [9.17, 15) is 14.4 Å². The van der Waals surface area contributed by atoms with Crippen molar-refractivity contribution in [3.8, 4) is 5.75 Å². The Morgan fingerprint density at radius 2 is 1.72 bits per heavy atom. The smallest absolute Gasteiger partial charge is 0.279 e. The highest BCUT2D eigenvalue weighted by Crippen LogP contribution is 2.30. The molecule has 2 aromatic carbocycles. The predicted octanol–water partition coefficient (Wildman–Crippen LogP) is 2.96. The monoisotopic (exact) mass is 395 g/mol. The van der Waals surface area contributed by atoms with Crippen molar-refractivity contribution < 1.29 is 19.1 Å². The van der Waals surface area contributed by atoms with Crippen LogP contribution in [0.1, 0.15) is 42.1 Å². The highest BCUT2D eigenvalue weighted by Gasteiger charge is 2.29. The number of ether oxygens (including phenoxy) is 1. The van der Waals surface area contributed by atoms with E-state index < -0.39 is 17.9 Å². The van der Waals surface area contributed by atoms with E-state index in [4.69, 9.17) is 4.74 Å². The number of nitrogens with one attached hydrogen (secondary N) is 3. The van der Waals surface area contributed by atoms with E-state index in [0.29, 0.717) is 23.4 Å². The van der Waals surface area contributed by atoms with Crippen molar-refractivity contribution in [2.24, 2.45) is 5.92 Å². The summed E-state index contributed by atoms with van der Waals surface area (Å²) >= 11 is 0. The molecule has 0 aromatic heterocycles. The second-order valence-corrected chi connectivity index (χ2v) is 7.06. The molecule has 7 nitrogen and oxygen atoms in total. The average molecular weight is 395 g/mol. The van der Waals surface area contributed by atoms with Crippen molar-refractivity contribution in [1.29, 1.82) is 0 Å². The molecule has 1 aliphatic carbocycles. The van der Waals surface area contributed by atoms with E-state index in [2.05, 4.69) is 16.2 Å². The van der Waals surface area contributed by atoms with Crippen LogP contribution in [0.3, 0.4) is 0 Å². The molecule has 0 heterocycles. The number of rotatable bonds is 7. The van der Waals surface area contributed by atoms with Crippen LogP contribution in [0.25, 0.3) is 0 Å². The number of para-hydroxylation sites is 1. The van der Waals surface area contributed by atoms with Crippen molar-refractivity contribution in [3.63, 3.8) is 0 Å². The number of amides is 3. The lowest BCUT2D eigenvalue weighted by Crippen LogP contribution is -2.48. The first-order chi connectivity index (χ1) is 14.0. The van der Waals surface area contributed by atoms with Gasteiger partial charge < -0.3 is 10.1 Å². The van der Waals surface area contributed by atoms with Gasteiger partial charge in [-0.15, -0.1) is 0 Å². The summed E-state index contributed by atoms with van der Waals surface area (Å²) in [6.07, 6.45) is 1.58. The van der Waals surface area contributed by atoms with Gasteiger partial charge in [0.2, 0.25) is 5.91 Å². The molecule has 3 rings (SSSR count). The van der Waals surface area contributed by atoms with Crippen LogP contribution in [0.2, 0.25) is 0 Å². The molecule has 29 heavy (non-hydrogen) atoms. The summed E-state index contributed by atoms with van der Waals surface area (Å²) in [4.78, 5) is 36.4. The number of benzene rings is 2. The number of anilines is 1. The van der Waals surface area contributed by atoms with E-state index in [1.807, 2.05) is 32.0 Å². The number of hydrazine groups is 1. The van der Waals surface area contributed by atoms with Gasteiger partial charge in [0.05, 0.1) is 0 Å². The number of hydrogen-bond donors (Lipinski definition) is 3. The van der Waals surface area contributed by atoms with E-state index in [-0.39, 0.29) is 11.8 Å². The third-order valence-electron chi connectivity index (χ3n) is 4.69. The highest BCUT2D eigenvalue weighted by molar-refractivity contribution is 5.97. The first-order valence-corrected chi connectivity index (χ1v) is 9.71. The van der Waals surface area contributed by atoms with Crippen LogP contribution < -0.4 is 20.9 Å². The minimum absolute atomic E-state index is 0.00808. The first kappa shape index (κ1) is 20.4. The first-order valence-electron chi connectivity index (χ1n) is 9.71. The van der Waals surface area contributed by atoms with Gasteiger partial charge in [-0.2, -0.15) is 0 Å². The number of carbonyl (C=O) groups excluding carboxylic acids is 3. The number of aryl methyl sites for hydroxylation is 1. The maximum atomic E-state index is 12.4. The van der Waals surface area contributed by atoms with Gasteiger partial charge in [-0.05, 0) is 62.1 Å². The third kappa shape index (κ3) is 5.57. The molecule has 0 radical (unpaired) electrons. The quantitative estimate of drug-likeness (QED) is 0.628. The van der Waals surface area contributed by atoms with Crippen molar-refractivity contribution in [3.05, 3.63) is 59.7 Å². The zero-order valence-electron chi connectivity index (χ0n) is 16.5. The maximum absolute atomic E-state index is 12.4. The summed E-state index contributed by atoms with van der Waals surface area (Å²) < 4.78 is 5.77. The van der Waals surface area contributed by atoms with Crippen molar-refractivity contribution in [1.82, 2.24) is 10.9 Å². The predicted molar refractivity (Wildman–Crippen MR) is 109 cm³/mol. The Hall–Kier alpha value is -3.35. The molecular formula is C22H25N3O4. The van der Waals surface area contributed by atoms with Gasteiger partial charge in [0.15, 0.2) is 6.10 Å². The summed E-state index contributed by atoms with van der Waals surface area (Å²) in [6.45, 7) is 3.73. The third-order valence-corrected chi connectivity index (χ3v) is 4.69. The second kappa shape index (κ2) is 9.23. The molecular weight excluding hydrogens is 370 g/mol. The van der Waals surface area contributed by atoms with Gasteiger partial charge in [-0.25, -0.2) is 0 Å². The van der Waals surface area contributed by atoms with Crippen molar-refractivity contribution in [2.75, 3.05) is 5.32 Å². The molecule has 1 aliphatic rings. The SMILES string of the molecule is CCC(Oc1ccccc1C)C(=O)NNC(=O)c1ccc(NC(=O)C2CC2)cc1. The molecule has 0 saturated heterocycles. The van der Waals surface area contributed by atoms with Gasteiger partial charge in [-0.3, -0.25) is 25.2 Å². The van der Waals surface area contributed by atoms with Crippen LogP contribution in [0.15, 0.2) is 48.5 Å².